The maximum atomic E-state index is 12.9. The Bertz CT molecular complexity index is 749. The second-order valence-electron chi connectivity index (χ2n) is 8.38. The van der Waals surface area contributed by atoms with Crippen molar-refractivity contribution in [2.24, 2.45) is 5.92 Å². The van der Waals surface area contributed by atoms with Gasteiger partial charge in [-0.3, -0.25) is 4.79 Å². The summed E-state index contributed by atoms with van der Waals surface area (Å²) in [6.07, 6.45) is 5.46. The lowest BCUT2D eigenvalue weighted by Crippen LogP contribution is -2.41. The summed E-state index contributed by atoms with van der Waals surface area (Å²) in [5, 5.41) is 0. The zero-order valence-electron chi connectivity index (χ0n) is 16.9. The lowest BCUT2D eigenvalue weighted by atomic mass is 9.74. The van der Waals surface area contributed by atoms with Gasteiger partial charge in [-0.15, -0.1) is 0 Å². The number of methoxy groups -OCH3 is 1. The third-order valence-corrected chi connectivity index (χ3v) is 6.69. The Morgan fingerprint density at radius 2 is 2.00 bits per heavy atom. The predicted molar refractivity (Wildman–Crippen MR) is 105 cm³/mol. The Morgan fingerprint density at radius 3 is 2.68 bits per heavy atom. The summed E-state index contributed by atoms with van der Waals surface area (Å²) >= 11 is 0. The molecule has 3 aliphatic rings. The molecule has 0 bridgehead atoms. The second kappa shape index (κ2) is 7.74. The van der Waals surface area contributed by atoms with Crippen molar-refractivity contribution in [1.82, 2.24) is 9.80 Å². The van der Waals surface area contributed by atoms with E-state index in [1.807, 2.05) is 24.1 Å². The van der Waals surface area contributed by atoms with E-state index in [-0.39, 0.29) is 17.8 Å². The summed E-state index contributed by atoms with van der Waals surface area (Å²) in [5.41, 5.74) is 0.988. The van der Waals surface area contributed by atoms with Gasteiger partial charge in [0.15, 0.2) is 0 Å². The fourth-order valence-corrected chi connectivity index (χ4v) is 4.93. The Kier molecular flexibility index (Phi) is 5.32. The van der Waals surface area contributed by atoms with Crippen LogP contribution < -0.4 is 4.74 Å². The first-order valence-corrected chi connectivity index (χ1v) is 10.4. The third-order valence-electron chi connectivity index (χ3n) is 6.69. The molecular formula is C22H30N2O4. The van der Waals surface area contributed by atoms with Crippen LogP contribution in [0.1, 0.15) is 54.4 Å². The lowest BCUT2D eigenvalue weighted by Gasteiger charge is -2.37. The molecule has 1 saturated carbocycles. The predicted octanol–water partition coefficient (Wildman–Crippen LogP) is 2.81. The molecule has 1 amide bonds. The SMILES string of the molecule is COc1ccc2c(c1)C(=O)OC21CCC(C(=O)N(C)CCN2CCCC2)CC1. The minimum atomic E-state index is -0.566. The highest BCUT2D eigenvalue weighted by Gasteiger charge is 2.48. The molecule has 6 nitrogen and oxygen atoms in total. The van der Waals surface area contributed by atoms with Crippen LogP contribution in [0, 0.1) is 5.92 Å². The number of hydrogen-bond donors (Lipinski definition) is 0. The van der Waals surface area contributed by atoms with Crippen LogP contribution in [-0.2, 0) is 15.1 Å². The van der Waals surface area contributed by atoms with Crippen molar-refractivity contribution in [2.45, 2.75) is 44.1 Å². The Balaban J connectivity index is 1.37. The van der Waals surface area contributed by atoms with Gasteiger partial charge in [0.25, 0.3) is 0 Å². The van der Waals surface area contributed by atoms with Gasteiger partial charge in [0, 0.05) is 31.6 Å². The molecule has 4 rings (SSSR count). The molecule has 1 saturated heterocycles. The first-order chi connectivity index (χ1) is 13.5. The van der Waals surface area contributed by atoms with Gasteiger partial charge in [0.2, 0.25) is 5.91 Å². The van der Waals surface area contributed by atoms with E-state index < -0.39 is 5.60 Å². The molecule has 0 radical (unpaired) electrons. The van der Waals surface area contributed by atoms with Crippen molar-refractivity contribution in [3.05, 3.63) is 29.3 Å². The molecule has 2 aliphatic heterocycles. The summed E-state index contributed by atoms with van der Waals surface area (Å²) in [5.74, 6) is 0.640. The highest BCUT2D eigenvalue weighted by atomic mass is 16.6. The summed E-state index contributed by atoms with van der Waals surface area (Å²) < 4.78 is 11.1. The van der Waals surface area contributed by atoms with Crippen molar-refractivity contribution in [3.8, 4) is 5.75 Å². The number of fused-ring (bicyclic) bond motifs is 2. The number of likely N-dealkylation sites (N-methyl/N-ethyl adjacent to an activating group) is 1. The van der Waals surface area contributed by atoms with Gasteiger partial charge in [-0.25, -0.2) is 4.79 Å². The summed E-state index contributed by atoms with van der Waals surface area (Å²) in [6.45, 7) is 4.07. The van der Waals surface area contributed by atoms with Crippen molar-refractivity contribution < 1.29 is 19.1 Å². The van der Waals surface area contributed by atoms with E-state index in [0.717, 1.165) is 44.6 Å². The van der Waals surface area contributed by atoms with E-state index in [2.05, 4.69) is 4.90 Å². The Labute approximate surface area is 166 Å². The minimum Gasteiger partial charge on any atom is -0.497 e. The summed E-state index contributed by atoms with van der Waals surface area (Å²) in [6, 6.07) is 5.59. The molecule has 2 heterocycles. The molecule has 6 heteroatoms. The summed E-state index contributed by atoms with van der Waals surface area (Å²) in [7, 11) is 3.51. The number of amides is 1. The first-order valence-electron chi connectivity index (χ1n) is 10.4. The molecule has 1 spiro atoms. The van der Waals surface area contributed by atoms with E-state index in [0.29, 0.717) is 24.2 Å². The molecule has 1 aliphatic carbocycles. The van der Waals surface area contributed by atoms with Gasteiger partial charge < -0.3 is 19.3 Å². The second-order valence-corrected chi connectivity index (χ2v) is 8.38. The molecule has 0 unspecified atom stereocenters. The largest absolute Gasteiger partial charge is 0.497 e. The van der Waals surface area contributed by atoms with Gasteiger partial charge in [0.05, 0.1) is 12.7 Å². The first kappa shape index (κ1) is 19.2. The molecule has 152 valence electrons. The standard InChI is InChI=1S/C22H30N2O4/c1-23(13-14-24-11-3-4-12-24)20(25)16-7-9-22(10-8-16)19-6-5-17(27-2)15-18(19)21(26)28-22/h5-6,15-16H,3-4,7-14H2,1-2H3. The molecule has 0 aromatic heterocycles. The van der Waals surface area contributed by atoms with Crippen LogP contribution in [0.5, 0.6) is 5.75 Å². The highest BCUT2D eigenvalue weighted by Crippen LogP contribution is 2.48. The maximum Gasteiger partial charge on any atom is 0.339 e. The maximum absolute atomic E-state index is 12.9. The van der Waals surface area contributed by atoms with Gasteiger partial charge in [-0.05, 0) is 63.7 Å². The van der Waals surface area contributed by atoms with Crippen LogP contribution in [0.15, 0.2) is 18.2 Å². The number of ether oxygens (including phenoxy) is 2. The number of likely N-dealkylation sites (tertiary alicyclic amines) is 1. The topological polar surface area (TPSA) is 59.1 Å². The van der Waals surface area contributed by atoms with Crippen LogP contribution in [0.3, 0.4) is 0 Å². The quantitative estimate of drug-likeness (QED) is 0.729. The lowest BCUT2D eigenvalue weighted by molar-refractivity contribution is -0.137. The molecule has 0 atom stereocenters. The monoisotopic (exact) mass is 386 g/mol. The number of nitrogens with zero attached hydrogens (tertiary/aromatic N) is 2. The van der Waals surface area contributed by atoms with Gasteiger partial charge in [-0.2, -0.15) is 0 Å². The fraction of sp³-hybridized carbons (Fsp3) is 0.636. The minimum absolute atomic E-state index is 0.0233. The molecule has 0 N–H and O–H groups in total. The number of esters is 1. The molecule has 1 aromatic carbocycles. The van der Waals surface area contributed by atoms with E-state index in [9.17, 15) is 9.59 Å². The molecule has 2 fully saturated rings. The van der Waals surface area contributed by atoms with Crippen molar-refractivity contribution in [1.29, 1.82) is 0 Å². The number of carbonyl (C=O) groups excluding carboxylic acids is 2. The van der Waals surface area contributed by atoms with E-state index >= 15 is 0 Å². The van der Waals surface area contributed by atoms with Crippen LogP contribution in [-0.4, -0.2) is 62.0 Å². The van der Waals surface area contributed by atoms with E-state index in [4.69, 9.17) is 9.47 Å². The van der Waals surface area contributed by atoms with E-state index in [1.54, 1.807) is 13.2 Å². The van der Waals surface area contributed by atoms with Crippen LogP contribution in [0.4, 0.5) is 0 Å². The molecule has 28 heavy (non-hydrogen) atoms. The smallest absolute Gasteiger partial charge is 0.339 e. The van der Waals surface area contributed by atoms with Crippen LogP contribution in [0.25, 0.3) is 0 Å². The van der Waals surface area contributed by atoms with Crippen LogP contribution >= 0.6 is 0 Å². The highest BCUT2D eigenvalue weighted by molar-refractivity contribution is 5.95. The number of carbonyl (C=O) groups is 2. The van der Waals surface area contributed by atoms with Crippen molar-refractivity contribution in [2.75, 3.05) is 40.3 Å². The van der Waals surface area contributed by atoms with Gasteiger partial charge >= 0.3 is 5.97 Å². The summed E-state index contributed by atoms with van der Waals surface area (Å²) in [4.78, 5) is 29.6. The van der Waals surface area contributed by atoms with Gasteiger partial charge in [-0.1, -0.05) is 6.07 Å². The average molecular weight is 386 g/mol. The molecular weight excluding hydrogens is 356 g/mol. The number of benzene rings is 1. The van der Waals surface area contributed by atoms with E-state index in [1.165, 1.54) is 12.8 Å². The number of hydrogen-bond acceptors (Lipinski definition) is 5. The average Bonchev–Trinajstić information content (AvgIpc) is 3.33. The number of rotatable bonds is 5. The fourth-order valence-electron chi connectivity index (χ4n) is 4.93. The zero-order valence-corrected chi connectivity index (χ0v) is 16.9. The van der Waals surface area contributed by atoms with Crippen LogP contribution in [0.2, 0.25) is 0 Å². The Morgan fingerprint density at radius 1 is 1.29 bits per heavy atom. The molecule has 1 aromatic rings. The normalized spacial score (nSPS) is 26.9. The third kappa shape index (κ3) is 3.50. The van der Waals surface area contributed by atoms with Crippen molar-refractivity contribution >= 4 is 11.9 Å². The zero-order chi connectivity index (χ0) is 19.7. The van der Waals surface area contributed by atoms with Gasteiger partial charge in [0.1, 0.15) is 11.4 Å². The van der Waals surface area contributed by atoms with Crippen molar-refractivity contribution in [3.63, 3.8) is 0 Å². The Hall–Kier alpha value is -2.08.